The molecule has 0 amide bonds. The second-order valence-corrected chi connectivity index (χ2v) is 4.33. The van der Waals surface area contributed by atoms with Crippen LogP contribution in [0, 0.1) is 0 Å². The van der Waals surface area contributed by atoms with Crippen LogP contribution in [0.4, 0.5) is 0 Å². The van der Waals surface area contributed by atoms with E-state index < -0.39 is 21.4 Å². The molecule has 0 bridgehead atoms. The van der Waals surface area contributed by atoms with E-state index in [2.05, 4.69) is 0 Å². The zero-order valence-corrected chi connectivity index (χ0v) is 10.3. The van der Waals surface area contributed by atoms with Crippen LogP contribution in [0.1, 0.15) is 6.42 Å². The maximum Gasteiger partial charge on any atom is 1.00 e. The van der Waals surface area contributed by atoms with E-state index in [4.69, 9.17) is 5.73 Å². The first-order chi connectivity index (χ1) is 5.41. The third kappa shape index (κ3) is 4.95. The van der Waals surface area contributed by atoms with Gasteiger partial charge in [-0.1, -0.05) is 24.3 Å². The number of hydrogen-bond donors (Lipinski definition) is 1. The van der Waals surface area contributed by atoms with Crippen LogP contribution in [-0.2, 0) is 10.1 Å². The first-order valence-electron chi connectivity index (χ1n) is 3.48. The Balaban J connectivity index is 0.00000144. The number of nitrogens with two attached hydrogens (primary N) is 1. The van der Waals surface area contributed by atoms with Crippen LogP contribution in [0.3, 0.4) is 0 Å². The van der Waals surface area contributed by atoms with Crippen LogP contribution < -0.4 is 35.3 Å². The predicted octanol–water partition coefficient (Wildman–Crippen LogP) is -3.25. The minimum atomic E-state index is -4.24. The van der Waals surface area contributed by atoms with E-state index in [1.807, 2.05) is 0 Å². The summed E-state index contributed by atoms with van der Waals surface area (Å²) in [6.45, 7) is 0. The van der Waals surface area contributed by atoms with E-state index in [9.17, 15) is 13.0 Å². The molecular weight excluding hydrogens is 201 g/mol. The molecular formula is C7H10NNaO3S. The predicted molar refractivity (Wildman–Crippen MR) is 44.4 cm³/mol. The second kappa shape index (κ2) is 4.72. The van der Waals surface area contributed by atoms with Gasteiger partial charge >= 0.3 is 29.6 Å². The smallest absolute Gasteiger partial charge is 0.748 e. The summed E-state index contributed by atoms with van der Waals surface area (Å²) < 4.78 is 31.2. The molecule has 0 fully saturated rings. The van der Waals surface area contributed by atoms with Crippen LogP contribution in [0.25, 0.3) is 0 Å². The Morgan fingerprint density at radius 1 is 1.46 bits per heavy atom. The van der Waals surface area contributed by atoms with Gasteiger partial charge in [-0.15, -0.1) is 0 Å². The van der Waals surface area contributed by atoms with Gasteiger partial charge in [0.2, 0.25) is 0 Å². The van der Waals surface area contributed by atoms with Crippen LogP contribution in [-0.4, -0.2) is 24.3 Å². The van der Waals surface area contributed by atoms with Gasteiger partial charge in [0.15, 0.2) is 0 Å². The van der Waals surface area contributed by atoms with Crippen molar-refractivity contribution in [2.75, 3.05) is 5.75 Å². The average Bonchev–Trinajstić information content (AvgIpc) is 1.83. The van der Waals surface area contributed by atoms with Gasteiger partial charge in [-0.25, -0.2) is 8.42 Å². The molecule has 1 aliphatic rings. The van der Waals surface area contributed by atoms with Gasteiger partial charge in [0.1, 0.15) is 0 Å². The van der Waals surface area contributed by atoms with Crippen LogP contribution in [0.5, 0.6) is 0 Å². The Morgan fingerprint density at radius 2 is 2.08 bits per heavy atom. The first kappa shape index (κ1) is 13.4. The van der Waals surface area contributed by atoms with Crippen molar-refractivity contribution in [3.05, 3.63) is 24.3 Å². The van der Waals surface area contributed by atoms with Crippen molar-refractivity contribution in [3.8, 4) is 0 Å². The summed E-state index contributed by atoms with van der Waals surface area (Å²) >= 11 is 0. The molecule has 0 aromatic rings. The van der Waals surface area contributed by atoms with Crippen molar-refractivity contribution in [1.29, 1.82) is 0 Å². The Morgan fingerprint density at radius 3 is 2.46 bits per heavy atom. The van der Waals surface area contributed by atoms with Gasteiger partial charge in [-0.2, -0.15) is 0 Å². The molecule has 4 nitrogen and oxygen atoms in total. The van der Waals surface area contributed by atoms with Gasteiger partial charge < -0.3 is 10.3 Å². The maximum atomic E-state index is 10.4. The molecule has 6 heteroatoms. The monoisotopic (exact) mass is 211 g/mol. The fraction of sp³-hybridized carbons (Fsp3) is 0.429. The molecule has 68 valence electrons. The summed E-state index contributed by atoms with van der Waals surface area (Å²) in [5, 5.41) is 0. The van der Waals surface area contributed by atoms with Crippen molar-refractivity contribution < 1.29 is 42.5 Å². The third-order valence-corrected chi connectivity index (χ3v) is 2.51. The zero-order chi connectivity index (χ0) is 9.24. The van der Waals surface area contributed by atoms with Gasteiger partial charge in [-0.3, -0.25) is 0 Å². The van der Waals surface area contributed by atoms with Gasteiger partial charge in [0.05, 0.1) is 21.4 Å². The fourth-order valence-corrected chi connectivity index (χ4v) is 1.99. The zero-order valence-electron chi connectivity index (χ0n) is 7.43. The molecule has 13 heavy (non-hydrogen) atoms. The summed E-state index contributed by atoms with van der Waals surface area (Å²) in [4.78, 5) is 0. The summed E-state index contributed by atoms with van der Waals surface area (Å²) in [5.41, 5.74) is 4.62. The van der Waals surface area contributed by atoms with Crippen molar-refractivity contribution in [2.45, 2.75) is 12.0 Å². The molecule has 0 heterocycles. The molecule has 1 aliphatic carbocycles. The number of allylic oxidation sites excluding steroid dienone is 2. The summed E-state index contributed by atoms with van der Waals surface area (Å²) in [6.07, 6.45) is 7.09. The molecule has 0 spiro atoms. The molecule has 0 aromatic heterocycles. The van der Waals surface area contributed by atoms with Crippen molar-refractivity contribution in [2.24, 2.45) is 5.73 Å². The van der Waals surface area contributed by atoms with Crippen LogP contribution >= 0.6 is 0 Å². The normalized spacial score (nSPS) is 26.9. The van der Waals surface area contributed by atoms with Crippen molar-refractivity contribution in [3.63, 3.8) is 0 Å². The van der Waals surface area contributed by atoms with E-state index >= 15 is 0 Å². The Kier molecular flexibility index (Phi) is 4.85. The van der Waals surface area contributed by atoms with Gasteiger partial charge in [0, 0.05) is 0 Å². The summed E-state index contributed by atoms with van der Waals surface area (Å²) in [7, 11) is -4.24. The molecule has 0 aliphatic heterocycles. The minimum absolute atomic E-state index is 0. The topological polar surface area (TPSA) is 83.2 Å². The van der Waals surface area contributed by atoms with Crippen molar-refractivity contribution in [1.82, 2.24) is 0 Å². The van der Waals surface area contributed by atoms with E-state index in [0.29, 0.717) is 6.42 Å². The third-order valence-electron chi connectivity index (χ3n) is 1.62. The maximum absolute atomic E-state index is 10.4. The van der Waals surface area contributed by atoms with Crippen molar-refractivity contribution >= 4 is 10.1 Å². The average molecular weight is 211 g/mol. The molecule has 0 radical (unpaired) electrons. The van der Waals surface area contributed by atoms with Gasteiger partial charge in [0.25, 0.3) is 0 Å². The summed E-state index contributed by atoms with van der Waals surface area (Å²) in [5.74, 6) is -0.541. The standard InChI is InChI=1S/C7H11NO3S.Na/c8-7(6-12(9,10)11)4-2-1-3-5-7;/h1-4H,5-6,8H2,(H,9,10,11);/q;+1/p-1. The Bertz CT molecular complexity index is 323. The van der Waals surface area contributed by atoms with E-state index in [-0.39, 0.29) is 29.6 Å². The second-order valence-electron chi connectivity index (χ2n) is 2.93. The number of rotatable bonds is 2. The minimum Gasteiger partial charge on any atom is -0.748 e. The van der Waals surface area contributed by atoms with E-state index in [1.54, 1.807) is 24.3 Å². The quantitative estimate of drug-likeness (QED) is 0.384. The SMILES string of the molecule is NC1(CS(=O)(=O)[O-])C=CC=CC1.[Na+]. The largest absolute Gasteiger partial charge is 1.00 e. The first-order valence-corrected chi connectivity index (χ1v) is 5.06. The molecule has 0 saturated carbocycles. The molecule has 0 aromatic carbocycles. The van der Waals surface area contributed by atoms with Gasteiger partial charge in [-0.05, 0) is 6.42 Å². The fourth-order valence-electron chi connectivity index (χ4n) is 1.12. The van der Waals surface area contributed by atoms with E-state index in [0.717, 1.165) is 0 Å². The Labute approximate surface area is 99.9 Å². The van der Waals surface area contributed by atoms with Crippen LogP contribution in [0.2, 0.25) is 0 Å². The molecule has 0 saturated heterocycles. The molecule has 1 atom stereocenters. The molecule has 2 N–H and O–H groups in total. The Hall–Kier alpha value is 0.350. The summed E-state index contributed by atoms with van der Waals surface area (Å²) in [6, 6.07) is 0. The number of hydrogen-bond acceptors (Lipinski definition) is 4. The van der Waals surface area contributed by atoms with E-state index in [1.165, 1.54) is 0 Å². The molecule has 1 rings (SSSR count). The molecule has 1 unspecified atom stereocenters. The van der Waals surface area contributed by atoms with Crippen LogP contribution in [0.15, 0.2) is 24.3 Å².